The minimum absolute atomic E-state index is 0.267. The topological polar surface area (TPSA) is 59.8 Å². The summed E-state index contributed by atoms with van der Waals surface area (Å²) in [5, 5.41) is 2.71. The normalized spacial score (nSPS) is 9.94. The van der Waals surface area contributed by atoms with Crippen LogP contribution in [0, 0.1) is 6.92 Å². The van der Waals surface area contributed by atoms with Crippen LogP contribution in [0.3, 0.4) is 0 Å². The van der Waals surface area contributed by atoms with Crippen molar-refractivity contribution in [1.29, 1.82) is 0 Å². The van der Waals surface area contributed by atoms with Crippen molar-refractivity contribution in [3.63, 3.8) is 0 Å². The molecule has 0 spiro atoms. The van der Waals surface area contributed by atoms with Gasteiger partial charge in [-0.15, -0.1) is 0 Å². The predicted octanol–water partition coefficient (Wildman–Crippen LogP) is 1.70. The van der Waals surface area contributed by atoms with Crippen LogP contribution >= 0.6 is 0 Å². The molecule has 0 aliphatic heterocycles. The molecule has 1 N–H and O–H groups in total. The molecule has 0 unspecified atom stereocenters. The third-order valence-corrected chi connectivity index (χ3v) is 2.28. The first-order chi connectivity index (χ1) is 8.22. The van der Waals surface area contributed by atoms with Gasteiger partial charge in [0.25, 0.3) is 0 Å². The molecule has 0 aromatic carbocycles. The Morgan fingerprint density at radius 1 is 1.47 bits per heavy atom. The van der Waals surface area contributed by atoms with Crippen LogP contribution in [-0.4, -0.2) is 20.4 Å². The van der Waals surface area contributed by atoms with Crippen molar-refractivity contribution >= 4 is 11.6 Å². The maximum atomic E-state index is 11.3. The van der Waals surface area contributed by atoms with Crippen molar-refractivity contribution in [3.05, 3.63) is 49.2 Å². The Morgan fingerprint density at radius 3 is 2.94 bits per heavy atom. The minimum atomic E-state index is -0.267. The fourth-order valence-electron chi connectivity index (χ4n) is 1.47. The molecule has 17 heavy (non-hydrogen) atoms. The minimum Gasteiger partial charge on any atom is -0.319 e. The number of hydrogen-bond donors (Lipinski definition) is 1. The van der Waals surface area contributed by atoms with Gasteiger partial charge in [0, 0.05) is 18.6 Å². The Balaban J connectivity index is 2.44. The second kappa shape index (κ2) is 4.61. The van der Waals surface area contributed by atoms with E-state index in [4.69, 9.17) is 0 Å². The van der Waals surface area contributed by atoms with Crippen molar-refractivity contribution < 1.29 is 4.79 Å². The third kappa shape index (κ3) is 2.23. The van der Waals surface area contributed by atoms with Gasteiger partial charge in [0.05, 0.1) is 5.69 Å². The summed E-state index contributed by atoms with van der Waals surface area (Å²) in [6.07, 6.45) is 6.36. The Labute approximate surface area is 98.8 Å². The van der Waals surface area contributed by atoms with E-state index in [2.05, 4.69) is 21.9 Å². The first-order valence-corrected chi connectivity index (χ1v) is 5.11. The molecule has 2 aromatic heterocycles. The SMILES string of the molecule is C=CC(=O)Nc1cccnc1-n1ccnc1C. The molecule has 2 aromatic rings. The molecule has 0 radical (unpaired) electrons. The van der Waals surface area contributed by atoms with Crippen molar-refractivity contribution in [2.75, 3.05) is 5.32 Å². The number of carbonyl (C=O) groups excluding carboxylic acids is 1. The molecule has 0 saturated carbocycles. The van der Waals surface area contributed by atoms with Crippen molar-refractivity contribution in [2.45, 2.75) is 6.92 Å². The summed E-state index contributed by atoms with van der Waals surface area (Å²) in [5.41, 5.74) is 0.624. The molecular formula is C12H12N4O. The van der Waals surface area contributed by atoms with Crippen LogP contribution in [0.15, 0.2) is 43.4 Å². The van der Waals surface area contributed by atoms with Gasteiger partial charge in [-0.1, -0.05) is 6.58 Å². The zero-order valence-electron chi connectivity index (χ0n) is 9.42. The monoisotopic (exact) mass is 228 g/mol. The molecule has 5 nitrogen and oxygen atoms in total. The maximum absolute atomic E-state index is 11.3. The van der Waals surface area contributed by atoms with Gasteiger partial charge in [0.15, 0.2) is 5.82 Å². The molecule has 2 heterocycles. The first kappa shape index (κ1) is 11.1. The van der Waals surface area contributed by atoms with E-state index >= 15 is 0 Å². The molecule has 86 valence electrons. The highest BCUT2D eigenvalue weighted by Gasteiger charge is 2.08. The molecule has 0 aliphatic carbocycles. The second-order valence-electron chi connectivity index (χ2n) is 3.41. The van der Waals surface area contributed by atoms with Gasteiger partial charge in [0.2, 0.25) is 5.91 Å². The van der Waals surface area contributed by atoms with Gasteiger partial charge in [0.1, 0.15) is 5.82 Å². The van der Waals surface area contributed by atoms with E-state index in [1.165, 1.54) is 6.08 Å². The average Bonchev–Trinajstić information content (AvgIpc) is 2.76. The number of nitrogens with zero attached hydrogens (tertiary/aromatic N) is 3. The first-order valence-electron chi connectivity index (χ1n) is 5.11. The number of imidazole rings is 1. The Morgan fingerprint density at radius 2 is 2.29 bits per heavy atom. The van der Waals surface area contributed by atoms with Crippen LogP contribution < -0.4 is 5.32 Å². The molecule has 0 fully saturated rings. The van der Waals surface area contributed by atoms with E-state index < -0.39 is 0 Å². The third-order valence-electron chi connectivity index (χ3n) is 2.28. The highest BCUT2D eigenvalue weighted by atomic mass is 16.1. The lowest BCUT2D eigenvalue weighted by molar-refractivity contribution is -0.111. The van der Waals surface area contributed by atoms with Crippen LogP contribution in [0.2, 0.25) is 0 Å². The van der Waals surface area contributed by atoms with E-state index in [0.29, 0.717) is 11.5 Å². The van der Waals surface area contributed by atoms with Crippen LogP contribution in [0.1, 0.15) is 5.82 Å². The van der Waals surface area contributed by atoms with Gasteiger partial charge >= 0.3 is 0 Å². The fraction of sp³-hybridized carbons (Fsp3) is 0.0833. The second-order valence-corrected chi connectivity index (χ2v) is 3.41. The number of amides is 1. The summed E-state index contributed by atoms with van der Waals surface area (Å²) in [5.74, 6) is 1.17. The highest BCUT2D eigenvalue weighted by Crippen LogP contribution is 2.18. The highest BCUT2D eigenvalue weighted by molar-refractivity contribution is 5.99. The Bertz CT molecular complexity index is 559. The number of anilines is 1. The molecule has 1 amide bonds. The van der Waals surface area contributed by atoms with Gasteiger partial charge in [-0.3, -0.25) is 9.36 Å². The summed E-state index contributed by atoms with van der Waals surface area (Å²) in [4.78, 5) is 19.7. The Hall–Kier alpha value is -2.43. The summed E-state index contributed by atoms with van der Waals surface area (Å²) in [7, 11) is 0. The summed E-state index contributed by atoms with van der Waals surface area (Å²) >= 11 is 0. The van der Waals surface area contributed by atoms with E-state index in [9.17, 15) is 4.79 Å². The smallest absolute Gasteiger partial charge is 0.247 e. The lowest BCUT2D eigenvalue weighted by atomic mass is 10.3. The molecule has 0 bridgehead atoms. The zero-order chi connectivity index (χ0) is 12.3. The standard InChI is InChI=1S/C12H12N4O/c1-3-11(17)15-10-5-4-6-14-12(10)16-8-7-13-9(16)2/h3-8H,1H2,2H3,(H,15,17). The number of nitrogens with one attached hydrogen (secondary N) is 1. The van der Waals surface area contributed by atoms with Crippen LogP contribution in [0.25, 0.3) is 5.82 Å². The number of aryl methyl sites for hydroxylation is 1. The average molecular weight is 228 g/mol. The molecule has 0 saturated heterocycles. The van der Waals surface area contributed by atoms with E-state index in [1.807, 2.05) is 6.92 Å². The van der Waals surface area contributed by atoms with Crippen molar-refractivity contribution in [1.82, 2.24) is 14.5 Å². The lowest BCUT2D eigenvalue weighted by Gasteiger charge is -2.10. The number of rotatable bonds is 3. The van der Waals surface area contributed by atoms with Gasteiger partial charge < -0.3 is 5.32 Å². The summed E-state index contributed by atoms with van der Waals surface area (Å²) in [6.45, 7) is 5.28. The fourth-order valence-corrected chi connectivity index (χ4v) is 1.47. The zero-order valence-corrected chi connectivity index (χ0v) is 9.42. The quantitative estimate of drug-likeness (QED) is 0.813. The van der Waals surface area contributed by atoms with Crippen LogP contribution in [0.4, 0.5) is 5.69 Å². The van der Waals surface area contributed by atoms with E-state index in [1.54, 1.807) is 35.3 Å². The molecule has 0 aliphatic rings. The molecule has 0 atom stereocenters. The van der Waals surface area contributed by atoms with Crippen LogP contribution in [-0.2, 0) is 4.79 Å². The Kier molecular flexibility index (Phi) is 3.00. The molecule has 5 heteroatoms. The molecule has 2 rings (SSSR count). The maximum Gasteiger partial charge on any atom is 0.247 e. The number of pyridine rings is 1. The van der Waals surface area contributed by atoms with E-state index in [-0.39, 0.29) is 5.91 Å². The van der Waals surface area contributed by atoms with Crippen LogP contribution in [0.5, 0.6) is 0 Å². The number of aromatic nitrogens is 3. The lowest BCUT2D eigenvalue weighted by Crippen LogP contribution is -2.11. The van der Waals surface area contributed by atoms with Gasteiger partial charge in [-0.25, -0.2) is 9.97 Å². The largest absolute Gasteiger partial charge is 0.319 e. The van der Waals surface area contributed by atoms with E-state index in [0.717, 1.165) is 5.82 Å². The number of carbonyl (C=O) groups is 1. The summed E-state index contributed by atoms with van der Waals surface area (Å²) < 4.78 is 1.80. The molecular weight excluding hydrogens is 216 g/mol. The number of hydrogen-bond acceptors (Lipinski definition) is 3. The van der Waals surface area contributed by atoms with Gasteiger partial charge in [-0.2, -0.15) is 0 Å². The van der Waals surface area contributed by atoms with Crippen molar-refractivity contribution in [3.8, 4) is 5.82 Å². The predicted molar refractivity (Wildman–Crippen MR) is 64.9 cm³/mol. The van der Waals surface area contributed by atoms with Gasteiger partial charge in [-0.05, 0) is 25.1 Å². The van der Waals surface area contributed by atoms with Crippen molar-refractivity contribution in [2.24, 2.45) is 0 Å². The summed E-state index contributed by atoms with van der Waals surface area (Å²) in [6, 6.07) is 3.54.